The molecule has 17 heavy (non-hydrogen) atoms. The van der Waals surface area contributed by atoms with Crippen LogP contribution in [0, 0.1) is 5.82 Å². The number of ether oxygens (including phenoxy) is 1. The highest BCUT2D eigenvalue weighted by molar-refractivity contribution is 5.68. The summed E-state index contributed by atoms with van der Waals surface area (Å²) in [5, 5.41) is 0. The van der Waals surface area contributed by atoms with E-state index >= 15 is 0 Å². The maximum absolute atomic E-state index is 13.8. The Hall–Kier alpha value is -2.23. The Balaban J connectivity index is 2.28. The molecular weight excluding hydrogens is 219 g/mol. The standard InChI is InChI=1S/C13H11FN2O/c1-17-12-4-2-3-10(13(12)14)5-6-11-7-8-15-9-16-11/h2-9H,1H3/b6-5+. The Labute approximate surface area is 98.6 Å². The van der Waals surface area contributed by atoms with Crippen LogP contribution < -0.4 is 4.74 Å². The monoisotopic (exact) mass is 230 g/mol. The van der Waals surface area contributed by atoms with Gasteiger partial charge in [0, 0.05) is 11.8 Å². The Morgan fingerprint density at radius 3 is 2.82 bits per heavy atom. The van der Waals surface area contributed by atoms with Crippen molar-refractivity contribution in [2.24, 2.45) is 0 Å². The number of hydrogen-bond acceptors (Lipinski definition) is 3. The first-order valence-corrected chi connectivity index (χ1v) is 5.08. The summed E-state index contributed by atoms with van der Waals surface area (Å²) in [4.78, 5) is 7.82. The van der Waals surface area contributed by atoms with Crippen LogP contribution in [-0.2, 0) is 0 Å². The van der Waals surface area contributed by atoms with Crippen molar-refractivity contribution in [2.45, 2.75) is 0 Å². The third kappa shape index (κ3) is 2.66. The molecule has 2 aromatic rings. The van der Waals surface area contributed by atoms with Gasteiger partial charge in [-0.25, -0.2) is 14.4 Å². The third-order valence-electron chi connectivity index (χ3n) is 2.25. The minimum absolute atomic E-state index is 0.231. The maximum Gasteiger partial charge on any atom is 0.172 e. The molecule has 1 heterocycles. The molecule has 3 nitrogen and oxygen atoms in total. The minimum atomic E-state index is -0.375. The van der Waals surface area contributed by atoms with Gasteiger partial charge in [0.2, 0.25) is 0 Å². The van der Waals surface area contributed by atoms with Crippen molar-refractivity contribution in [3.63, 3.8) is 0 Å². The van der Waals surface area contributed by atoms with Crippen molar-refractivity contribution in [2.75, 3.05) is 7.11 Å². The molecule has 1 aromatic carbocycles. The summed E-state index contributed by atoms with van der Waals surface area (Å²) in [5.74, 6) is -0.143. The average Bonchev–Trinajstić information content (AvgIpc) is 2.39. The fourth-order valence-electron chi connectivity index (χ4n) is 1.39. The summed E-state index contributed by atoms with van der Waals surface area (Å²) >= 11 is 0. The number of rotatable bonds is 3. The summed E-state index contributed by atoms with van der Waals surface area (Å²) in [6, 6.07) is 6.74. The van der Waals surface area contributed by atoms with Crippen molar-refractivity contribution in [3.8, 4) is 5.75 Å². The van der Waals surface area contributed by atoms with E-state index in [1.165, 1.54) is 13.4 Å². The minimum Gasteiger partial charge on any atom is -0.494 e. The van der Waals surface area contributed by atoms with Gasteiger partial charge in [0.25, 0.3) is 0 Å². The van der Waals surface area contributed by atoms with E-state index in [9.17, 15) is 4.39 Å². The van der Waals surface area contributed by atoms with Crippen molar-refractivity contribution >= 4 is 12.2 Å². The molecule has 0 aliphatic heterocycles. The molecule has 0 fully saturated rings. The van der Waals surface area contributed by atoms with Crippen molar-refractivity contribution in [1.29, 1.82) is 0 Å². The molecule has 0 aliphatic carbocycles. The molecule has 1 aromatic heterocycles. The smallest absolute Gasteiger partial charge is 0.172 e. The molecule has 86 valence electrons. The summed E-state index contributed by atoms with van der Waals surface area (Å²) in [7, 11) is 1.44. The van der Waals surface area contributed by atoms with E-state index in [0.717, 1.165) is 5.69 Å². The van der Waals surface area contributed by atoms with Gasteiger partial charge in [0.15, 0.2) is 11.6 Å². The van der Waals surface area contributed by atoms with Gasteiger partial charge >= 0.3 is 0 Å². The van der Waals surface area contributed by atoms with E-state index in [1.807, 2.05) is 0 Å². The topological polar surface area (TPSA) is 35.0 Å². The summed E-state index contributed by atoms with van der Waals surface area (Å²) in [6.07, 6.45) is 6.45. The van der Waals surface area contributed by atoms with Crippen LogP contribution in [0.15, 0.2) is 36.8 Å². The fourth-order valence-corrected chi connectivity index (χ4v) is 1.39. The molecule has 0 atom stereocenters. The fraction of sp³-hybridized carbons (Fsp3) is 0.0769. The van der Waals surface area contributed by atoms with Gasteiger partial charge in [0.1, 0.15) is 6.33 Å². The zero-order valence-electron chi connectivity index (χ0n) is 9.30. The Bertz CT molecular complexity index is 526. The van der Waals surface area contributed by atoms with Gasteiger partial charge in [-0.2, -0.15) is 0 Å². The maximum atomic E-state index is 13.8. The quantitative estimate of drug-likeness (QED) is 0.813. The van der Waals surface area contributed by atoms with Gasteiger partial charge < -0.3 is 4.74 Å². The Morgan fingerprint density at radius 1 is 1.24 bits per heavy atom. The summed E-state index contributed by atoms with van der Waals surface area (Å²) in [5.41, 5.74) is 1.19. The van der Waals surface area contributed by atoms with Crippen molar-refractivity contribution in [1.82, 2.24) is 9.97 Å². The van der Waals surface area contributed by atoms with Gasteiger partial charge in [-0.05, 0) is 24.3 Å². The van der Waals surface area contributed by atoms with Crippen molar-refractivity contribution in [3.05, 3.63) is 53.9 Å². The molecular formula is C13H11FN2O. The lowest BCUT2D eigenvalue weighted by Gasteiger charge is -2.03. The van der Waals surface area contributed by atoms with Gasteiger partial charge in [-0.15, -0.1) is 0 Å². The Morgan fingerprint density at radius 2 is 2.12 bits per heavy atom. The molecule has 0 saturated heterocycles. The normalized spacial score (nSPS) is 10.7. The molecule has 2 rings (SSSR count). The molecule has 0 radical (unpaired) electrons. The van der Waals surface area contributed by atoms with Gasteiger partial charge in [-0.3, -0.25) is 0 Å². The highest BCUT2D eigenvalue weighted by Gasteiger charge is 2.04. The first-order valence-electron chi connectivity index (χ1n) is 5.08. The lowest BCUT2D eigenvalue weighted by atomic mass is 10.1. The number of methoxy groups -OCH3 is 1. The molecule has 0 saturated carbocycles. The first-order chi connectivity index (χ1) is 8.31. The number of aromatic nitrogens is 2. The van der Waals surface area contributed by atoms with Gasteiger partial charge in [0.05, 0.1) is 12.8 Å². The largest absolute Gasteiger partial charge is 0.494 e. The second-order valence-electron chi connectivity index (χ2n) is 3.33. The Kier molecular flexibility index (Phi) is 3.45. The lowest BCUT2D eigenvalue weighted by Crippen LogP contribution is -1.90. The molecule has 4 heteroatoms. The van der Waals surface area contributed by atoms with Crippen LogP contribution in [0.3, 0.4) is 0 Å². The van der Waals surface area contributed by atoms with Gasteiger partial charge in [-0.1, -0.05) is 12.1 Å². The van der Waals surface area contributed by atoms with E-state index in [-0.39, 0.29) is 11.6 Å². The SMILES string of the molecule is COc1cccc(/C=C/c2ccncn2)c1F. The zero-order chi connectivity index (χ0) is 12.1. The highest BCUT2D eigenvalue weighted by atomic mass is 19.1. The number of hydrogen-bond donors (Lipinski definition) is 0. The molecule has 0 N–H and O–H groups in total. The predicted molar refractivity (Wildman–Crippen MR) is 63.9 cm³/mol. The number of nitrogens with zero attached hydrogens (tertiary/aromatic N) is 2. The summed E-state index contributed by atoms with van der Waals surface area (Å²) < 4.78 is 18.7. The molecule has 0 aliphatic rings. The average molecular weight is 230 g/mol. The molecule has 0 spiro atoms. The van der Waals surface area contributed by atoms with Crippen LogP contribution >= 0.6 is 0 Å². The lowest BCUT2D eigenvalue weighted by molar-refractivity contribution is 0.386. The van der Waals surface area contributed by atoms with E-state index in [1.54, 1.807) is 42.6 Å². The number of halogens is 1. The second kappa shape index (κ2) is 5.21. The molecule has 0 bridgehead atoms. The van der Waals surface area contributed by atoms with E-state index < -0.39 is 0 Å². The van der Waals surface area contributed by atoms with Crippen molar-refractivity contribution < 1.29 is 9.13 Å². The van der Waals surface area contributed by atoms with Crippen LogP contribution in [0.2, 0.25) is 0 Å². The predicted octanol–water partition coefficient (Wildman–Crippen LogP) is 2.79. The van der Waals surface area contributed by atoms with E-state index in [2.05, 4.69) is 9.97 Å². The highest BCUT2D eigenvalue weighted by Crippen LogP contribution is 2.21. The van der Waals surface area contributed by atoms with Crippen LogP contribution in [0.4, 0.5) is 4.39 Å². The first kappa shape index (κ1) is 11.3. The second-order valence-corrected chi connectivity index (χ2v) is 3.33. The third-order valence-corrected chi connectivity index (χ3v) is 2.25. The van der Waals surface area contributed by atoms with Crippen LogP contribution in [-0.4, -0.2) is 17.1 Å². The molecule has 0 amide bonds. The number of benzene rings is 1. The van der Waals surface area contributed by atoms with E-state index in [0.29, 0.717) is 5.56 Å². The zero-order valence-corrected chi connectivity index (χ0v) is 9.30. The van der Waals surface area contributed by atoms with Crippen LogP contribution in [0.25, 0.3) is 12.2 Å². The van der Waals surface area contributed by atoms with Crippen LogP contribution in [0.5, 0.6) is 5.75 Å². The molecule has 0 unspecified atom stereocenters. The van der Waals surface area contributed by atoms with Crippen LogP contribution in [0.1, 0.15) is 11.3 Å². The summed E-state index contributed by atoms with van der Waals surface area (Å²) in [6.45, 7) is 0. The van der Waals surface area contributed by atoms with E-state index in [4.69, 9.17) is 4.74 Å².